The maximum atomic E-state index is 12.5. The van der Waals surface area contributed by atoms with Gasteiger partial charge in [-0.1, -0.05) is 6.07 Å². The third kappa shape index (κ3) is 3.94. The second-order valence-electron chi connectivity index (χ2n) is 3.34. The number of alkyl halides is 3. The maximum absolute atomic E-state index is 12.5. The van der Waals surface area contributed by atoms with E-state index in [9.17, 15) is 13.2 Å². The van der Waals surface area contributed by atoms with Crippen LogP contribution in [0.1, 0.15) is 5.56 Å². The maximum Gasteiger partial charge on any atom is 0.416 e. The fourth-order valence-electron chi connectivity index (χ4n) is 1.25. The van der Waals surface area contributed by atoms with Crippen molar-refractivity contribution in [3.8, 4) is 12.1 Å². The van der Waals surface area contributed by atoms with E-state index >= 15 is 0 Å². The molecule has 0 aliphatic heterocycles. The van der Waals surface area contributed by atoms with Crippen LogP contribution in [-0.4, -0.2) is 6.26 Å². The van der Waals surface area contributed by atoms with Crippen molar-refractivity contribution in [3.05, 3.63) is 40.4 Å². The van der Waals surface area contributed by atoms with Crippen LogP contribution < -0.4 is 5.32 Å². The minimum atomic E-state index is -4.44. The minimum Gasteiger partial charge on any atom is -0.349 e. The van der Waals surface area contributed by atoms with E-state index in [1.54, 1.807) is 18.4 Å². The van der Waals surface area contributed by atoms with E-state index in [0.29, 0.717) is 0 Å². The monoisotopic (exact) mass is 283 g/mol. The summed E-state index contributed by atoms with van der Waals surface area (Å²) in [7, 11) is 0. The SMILES string of the molecule is CSC(Nc1cccc(C(F)(F)F)c1)=C(C#N)C#N. The zero-order chi connectivity index (χ0) is 14.5. The highest BCUT2D eigenvalue weighted by Crippen LogP contribution is 2.31. The summed E-state index contributed by atoms with van der Waals surface area (Å²) >= 11 is 1.08. The van der Waals surface area contributed by atoms with Gasteiger partial charge >= 0.3 is 6.18 Å². The van der Waals surface area contributed by atoms with E-state index < -0.39 is 11.7 Å². The van der Waals surface area contributed by atoms with E-state index in [0.717, 1.165) is 23.9 Å². The van der Waals surface area contributed by atoms with Gasteiger partial charge in [0.1, 0.15) is 17.2 Å². The van der Waals surface area contributed by atoms with Crippen LogP contribution in [0, 0.1) is 22.7 Å². The molecule has 1 N–H and O–H groups in total. The van der Waals surface area contributed by atoms with E-state index in [2.05, 4.69) is 5.32 Å². The molecule has 7 heteroatoms. The lowest BCUT2D eigenvalue weighted by Gasteiger charge is -2.11. The van der Waals surface area contributed by atoms with Gasteiger partial charge in [-0.25, -0.2) is 0 Å². The number of hydrogen-bond donors (Lipinski definition) is 1. The third-order valence-electron chi connectivity index (χ3n) is 2.10. The van der Waals surface area contributed by atoms with Gasteiger partial charge in [0.15, 0.2) is 5.57 Å². The van der Waals surface area contributed by atoms with Crippen LogP contribution >= 0.6 is 11.8 Å². The highest BCUT2D eigenvalue weighted by atomic mass is 32.2. The average Bonchev–Trinajstić information content (AvgIpc) is 2.38. The lowest BCUT2D eigenvalue weighted by Crippen LogP contribution is -2.06. The summed E-state index contributed by atoms with van der Waals surface area (Å²) in [5, 5.41) is 20.3. The lowest BCUT2D eigenvalue weighted by atomic mass is 10.2. The number of halogens is 3. The van der Waals surface area contributed by atoms with Gasteiger partial charge in [0, 0.05) is 5.69 Å². The number of hydrogen-bond acceptors (Lipinski definition) is 4. The van der Waals surface area contributed by atoms with Gasteiger partial charge in [0.25, 0.3) is 0 Å². The number of thioether (sulfide) groups is 1. The van der Waals surface area contributed by atoms with Crippen molar-refractivity contribution in [1.82, 2.24) is 0 Å². The first-order valence-electron chi connectivity index (χ1n) is 4.95. The van der Waals surface area contributed by atoms with Gasteiger partial charge in [0.2, 0.25) is 0 Å². The number of benzene rings is 1. The molecule has 98 valence electrons. The van der Waals surface area contributed by atoms with Crippen molar-refractivity contribution >= 4 is 17.4 Å². The first-order valence-corrected chi connectivity index (χ1v) is 6.17. The standard InChI is InChI=1S/C12H8F3N3S/c1-19-11(8(6-16)7-17)18-10-4-2-3-9(5-10)12(13,14)15/h2-5,18H,1H3. The van der Waals surface area contributed by atoms with Crippen molar-refractivity contribution in [2.75, 3.05) is 11.6 Å². The molecule has 3 nitrogen and oxygen atoms in total. The summed E-state index contributed by atoms with van der Waals surface area (Å²) in [6.07, 6.45) is -2.82. The molecule has 0 amide bonds. The van der Waals surface area contributed by atoms with Gasteiger partial charge in [-0.05, 0) is 24.5 Å². The van der Waals surface area contributed by atoms with Gasteiger partial charge in [0.05, 0.1) is 5.56 Å². The van der Waals surface area contributed by atoms with Gasteiger partial charge in [-0.15, -0.1) is 11.8 Å². The Morgan fingerprint density at radius 2 is 1.89 bits per heavy atom. The summed E-state index contributed by atoms with van der Waals surface area (Å²) in [4.78, 5) is 0. The summed E-state index contributed by atoms with van der Waals surface area (Å²) in [5.41, 5.74) is -0.805. The predicted molar refractivity (Wildman–Crippen MR) is 66.8 cm³/mol. The first-order chi connectivity index (χ1) is 8.92. The molecule has 19 heavy (non-hydrogen) atoms. The van der Waals surface area contributed by atoms with Crippen LogP contribution in [0.3, 0.4) is 0 Å². The van der Waals surface area contributed by atoms with Crippen molar-refractivity contribution < 1.29 is 13.2 Å². The molecule has 0 fully saturated rings. The van der Waals surface area contributed by atoms with Gasteiger partial charge in [-0.2, -0.15) is 23.7 Å². The van der Waals surface area contributed by atoms with E-state index in [-0.39, 0.29) is 16.3 Å². The zero-order valence-corrected chi connectivity index (χ0v) is 10.6. The molecular weight excluding hydrogens is 275 g/mol. The zero-order valence-electron chi connectivity index (χ0n) is 9.75. The molecule has 1 aromatic carbocycles. The van der Waals surface area contributed by atoms with Gasteiger partial charge in [-0.3, -0.25) is 0 Å². The number of rotatable bonds is 3. The molecule has 0 radical (unpaired) electrons. The number of allylic oxidation sites excluding steroid dienone is 1. The summed E-state index contributed by atoms with van der Waals surface area (Å²) in [6, 6.07) is 7.91. The topological polar surface area (TPSA) is 59.6 Å². The summed E-state index contributed by atoms with van der Waals surface area (Å²) < 4.78 is 37.6. The molecule has 1 rings (SSSR count). The Morgan fingerprint density at radius 3 is 2.37 bits per heavy atom. The Bertz CT molecular complexity index is 563. The number of nitriles is 2. The van der Waals surface area contributed by atoms with Crippen LogP contribution in [0.25, 0.3) is 0 Å². The Morgan fingerprint density at radius 1 is 1.26 bits per heavy atom. The van der Waals surface area contributed by atoms with Crippen LogP contribution in [-0.2, 0) is 6.18 Å². The molecular formula is C12H8F3N3S. The predicted octanol–water partition coefficient (Wildman–Crippen LogP) is 3.74. The lowest BCUT2D eigenvalue weighted by molar-refractivity contribution is -0.137. The fourth-order valence-corrected chi connectivity index (χ4v) is 1.76. The molecule has 0 aliphatic carbocycles. The second kappa shape index (κ2) is 6.17. The third-order valence-corrected chi connectivity index (χ3v) is 2.82. The van der Waals surface area contributed by atoms with E-state index in [1.165, 1.54) is 12.1 Å². The van der Waals surface area contributed by atoms with E-state index in [4.69, 9.17) is 10.5 Å². The van der Waals surface area contributed by atoms with Crippen molar-refractivity contribution in [2.24, 2.45) is 0 Å². The molecule has 1 aromatic rings. The smallest absolute Gasteiger partial charge is 0.349 e. The summed E-state index contributed by atoms with van der Waals surface area (Å²) in [6.45, 7) is 0. The molecule has 0 bridgehead atoms. The van der Waals surface area contributed by atoms with Crippen LogP contribution in [0.15, 0.2) is 34.9 Å². The molecule has 0 aliphatic rings. The average molecular weight is 283 g/mol. The fraction of sp³-hybridized carbons (Fsp3) is 0.167. The Labute approximate surface area is 112 Å². The van der Waals surface area contributed by atoms with Crippen LogP contribution in [0.5, 0.6) is 0 Å². The highest BCUT2D eigenvalue weighted by molar-refractivity contribution is 8.02. The first kappa shape index (κ1) is 14.9. The van der Waals surface area contributed by atoms with Gasteiger partial charge < -0.3 is 5.32 Å². The Kier molecular flexibility index (Phi) is 4.85. The molecule has 0 unspecified atom stereocenters. The number of nitrogens with one attached hydrogen (secondary N) is 1. The van der Waals surface area contributed by atoms with Crippen molar-refractivity contribution in [3.63, 3.8) is 0 Å². The van der Waals surface area contributed by atoms with E-state index in [1.807, 2.05) is 0 Å². The molecule has 0 aromatic heterocycles. The quantitative estimate of drug-likeness (QED) is 0.858. The molecule has 0 spiro atoms. The highest BCUT2D eigenvalue weighted by Gasteiger charge is 2.30. The summed E-state index contributed by atoms with van der Waals surface area (Å²) in [5.74, 6) is 0. The van der Waals surface area contributed by atoms with Crippen molar-refractivity contribution in [1.29, 1.82) is 10.5 Å². The van der Waals surface area contributed by atoms with Crippen LogP contribution in [0.4, 0.5) is 18.9 Å². The van der Waals surface area contributed by atoms with Crippen molar-refractivity contribution in [2.45, 2.75) is 6.18 Å². The Balaban J connectivity index is 3.11. The second-order valence-corrected chi connectivity index (χ2v) is 4.15. The normalized spacial score (nSPS) is 10.2. The molecule has 0 saturated carbocycles. The number of anilines is 1. The Hall–Kier alpha value is -2.12. The molecule has 0 saturated heterocycles. The largest absolute Gasteiger partial charge is 0.416 e. The number of nitrogens with zero attached hydrogens (tertiary/aromatic N) is 2. The minimum absolute atomic E-state index is 0.169. The molecule has 0 atom stereocenters. The van der Waals surface area contributed by atoms with Crippen LogP contribution in [0.2, 0.25) is 0 Å². The molecule has 0 heterocycles.